The van der Waals surface area contributed by atoms with E-state index < -0.39 is 0 Å². The van der Waals surface area contributed by atoms with Gasteiger partial charge in [-0.05, 0) is 41.1 Å². The third kappa shape index (κ3) is 3.59. The Balaban J connectivity index is 2.32. The first-order valence-electron chi connectivity index (χ1n) is 4.33. The van der Waals surface area contributed by atoms with Crippen LogP contribution in [0.3, 0.4) is 0 Å². The molecule has 0 amide bonds. The van der Waals surface area contributed by atoms with Crippen LogP contribution in [0.4, 0.5) is 0 Å². The molecule has 2 heteroatoms. The summed E-state index contributed by atoms with van der Waals surface area (Å²) in [7, 11) is 0. The normalized spacial score (nSPS) is 13.7. The zero-order valence-corrected chi connectivity index (χ0v) is 9.16. The minimum Gasteiger partial charge on any atom is -0.152 e. The summed E-state index contributed by atoms with van der Waals surface area (Å²) in [5.41, 5.74) is 1.38. The Hall–Kier alpha value is -0.0100. The van der Waals surface area contributed by atoms with Gasteiger partial charge in [0.2, 0.25) is 0 Å². The minimum atomic E-state index is 0.305. The molecule has 0 aliphatic heterocycles. The number of rotatable bonds is 4. The number of thiophene rings is 1. The molecule has 0 spiro atoms. The quantitative estimate of drug-likeness (QED) is 0.649. The Morgan fingerprint density at radius 2 is 2.25 bits per heavy atom. The van der Waals surface area contributed by atoms with Crippen molar-refractivity contribution in [2.45, 2.75) is 32.1 Å². The largest absolute Gasteiger partial charge is 0.152 e. The fraction of sp³-hybridized carbons (Fsp3) is 0.600. The fourth-order valence-electron chi connectivity index (χ4n) is 1.26. The van der Waals surface area contributed by atoms with E-state index in [1.54, 1.807) is 11.3 Å². The first kappa shape index (κ1) is 10.1. The topological polar surface area (TPSA) is 0 Å². The van der Waals surface area contributed by atoms with Crippen LogP contribution in [-0.4, -0.2) is 5.38 Å². The van der Waals surface area contributed by atoms with Crippen LogP contribution in [-0.2, 0) is 6.42 Å². The average molecular weight is 203 g/mol. The lowest BCUT2D eigenvalue weighted by Crippen LogP contribution is -2.06. The van der Waals surface area contributed by atoms with Gasteiger partial charge in [-0.2, -0.15) is 11.3 Å². The summed E-state index contributed by atoms with van der Waals surface area (Å²) in [5.74, 6) is 0.700. The number of halogens is 1. The molecular weight excluding hydrogens is 188 g/mol. The minimum absolute atomic E-state index is 0.305. The van der Waals surface area contributed by atoms with Crippen molar-refractivity contribution >= 4 is 22.9 Å². The fourth-order valence-corrected chi connectivity index (χ4v) is 2.48. The summed E-state index contributed by atoms with van der Waals surface area (Å²) in [4.78, 5) is 0. The van der Waals surface area contributed by atoms with Gasteiger partial charge in [0.25, 0.3) is 0 Å². The van der Waals surface area contributed by atoms with Crippen LogP contribution in [0, 0.1) is 5.92 Å². The van der Waals surface area contributed by atoms with Crippen molar-refractivity contribution in [3.8, 4) is 0 Å². The van der Waals surface area contributed by atoms with Gasteiger partial charge in [-0.15, -0.1) is 11.6 Å². The van der Waals surface area contributed by atoms with Gasteiger partial charge in [-0.3, -0.25) is 0 Å². The van der Waals surface area contributed by atoms with Crippen LogP contribution >= 0.6 is 22.9 Å². The predicted octanol–water partition coefficient (Wildman–Crippen LogP) is 3.94. The molecule has 0 saturated carbocycles. The molecule has 0 aliphatic carbocycles. The van der Waals surface area contributed by atoms with E-state index in [1.165, 1.54) is 5.56 Å². The highest BCUT2D eigenvalue weighted by Crippen LogP contribution is 2.17. The Morgan fingerprint density at radius 1 is 1.50 bits per heavy atom. The zero-order chi connectivity index (χ0) is 8.97. The second-order valence-corrected chi connectivity index (χ2v) is 4.96. The highest BCUT2D eigenvalue weighted by Gasteiger charge is 2.07. The van der Waals surface area contributed by atoms with Gasteiger partial charge in [-0.25, -0.2) is 0 Å². The van der Waals surface area contributed by atoms with Crippen molar-refractivity contribution in [2.75, 3.05) is 0 Å². The molecule has 1 aromatic heterocycles. The maximum atomic E-state index is 6.17. The van der Waals surface area contributed by atoms with E-state index in [2.05, 4.69) is 30.7 Å². The van der Waals surface area contributed by atoms with Crippen LogP contribution in [0.2, 0.25) is 0 Å². The second kappa shape index (κ2) is 4.88. The summed E-state index contributed by atoms with van der Waals surface area (Å²) in [5, 5.41) is 4.59. The van der Waals surface area contributed by atoms with Gasteiger partial charge in [0, 0.05) is 5.38 Å². The van der Waals surface area contributed by atoms with E-state index in [9.17, 15) is 0 Å². The van der Waals surface area contributed by atoms with E-state index >= 15 is 0 Å². The zero-order valence-electron chi connectivity index (χ0n) is 7.59. The first-order chi connectivity index (χ1) is 5.68. The molecule has 0 fully saturated rings. The van der Waals surface area contributed by atoms with Crippen LogP contribution in [0.5, 0.6) is 0 Å². The Labute approximate surface area is 83.6 Å². The highest BCUT2D eigenvalue weighted by atomic mass is 35.5. The summed E-state index contributed by atoms with van der Waals surface area (Å²) in [6.07, 6.45) is 2.13. The third-order valence-corrected chi connectivity index (χ3v) is 2.83. The van der Waals surface area contributed by atoms with Gasteiger partial charge in [0.1, 0.15) is 0 Å². The maximum absolute atomic E-state index is 6.17. The molecule has 1 aromatic rings. The summed E-state index contributed by atoms with van der Waals surface area (Å²) in [6.45, 7) is 4.42. The van der Waals surface area contributed by atoms with E-state index in [0.717, 1.165) is 12.8 Å². The van der Waals surface area contributed by atoms with Crippen molar-refractivity contribution in [2.24, 2.45) is 5.92 Å². The Kier molecular flexibility index (Phi) is 4.10. The van der Waals surface area contributed by atoms with E-state index in [4.69, 9.17) is 11.6 Å². The standard InChI is InChI=1S/C10H15ClS/c1-8(2)5-10(11)6-9-3-4-12-7-9/h3-4,7-8,10H,5-6H2,1-2H3. The van der Waals surface area contributed by atoms with E-state index in [-0.39, 0.29) is 0 Å². The predicted molar refractivity (Wildman–Crippen MR) is 57.1 cm³/mol. The molecule has 1 heterocycles. The van der Waals surface area contributed by atoms with Gasteiger partial charge in [0.15, 0.2) is 0 Å². The Morgan fingerprint density at radius 3 is 2.75 bits per heavy atom. The number of hydrogen-bond donors (Lipinski definition) is 0. The maximum Gasteiger partial charge on any atom is 0.0379 e. The van der Waals surface area contributed by atoms with Crippen molar-refractivity contribution in [1.82, 2.24) is 0 Å². The monoisotopic (exact) mass is 202 g/mol. The van der Waals surface area contributed by atoms with Crippen molar-refractivity contribution in [1.29, 1.82) is 0 Å². The lowest BCUT2D eigenvalue weighted by atomic mass is 10.0. The Bertz CT molecular complexity index is 204. The molecule has 1 unspecified atom stereocenters. The summed E-state index contributed by atoms with van der Waals surface area (Å²) >= 11 is 7.91. The molecule has 0 saturated heterocycles. The summed E-state index contributed by atoms with van der Waals surface area (Å²) < 4.78 is 0. The SMILES string of the molecule is CC(C)CC(Cl)Cc1ccsc1. The van der Waals surface area contributed by atoms with Crippen molar-refractivity contribution < 1.29 is 0 Å². The third-order valence-electron chi connectivity index (χ3n) is 1.76. The van der Waals surface area contributed by atoms with Gasteiger partial charge in [0.05, 0.1) is 0 Å². The van der Waals surface area contributed by atoms with E-state index in [0.29, 0.717) is 11.3 Å². The molecule has 1 atom stereocenters. The molecule has 68 valence electrons. The highest BCUT2D eigenvalue weighted by molar-refractivity contribution is 7.07. The molecule has 0 aliphatic rings. The van der Waals surface area contributed by atoms with Crippen LogP contribution < -0.4 is 0 Å². The van der Waals surface area contributed by atoms with Gasteiger partial charge >= 0.3 is 0 Å². The van der Waals surface area contributed by atoms with Crippen LogP contribution in [0.15, 0.2) is 16.8 Å². The lowest BCUT2D eigenvalue weighted by Gasteiger charge is -2.10. The van der Waals surface area contributed by atoms with Crippen LogP contribution in [0.1, 0.15) is 25.8 Å². The number of alkyl halides is 1. The first-order valence-corrected chi connectivity index (χ1v) is 5.71. The molecule has 12 heavy (non-hydrogen) atoms. The summed E-state index contributed by atoms with van der Waals surface area (Å²) in [6, 6.07) is 2.15. The average Bonchev–Trinajstić information content (AvgIpc) is 2.37. The molecule has 0 N–H and O–H groups in total. The molecular formula is C10H15ClS. The molecule has 0 bridgehead atoms. The number of hydrogen-bond acceptors (Lipinski definition) is 1. The smallest absolute Gasteiger partial charge is 0.0379 e. The molecule has 0 radical (unpaired) electrons. The second-order valence-electron chi connectivity index (χ2n) is 3.56. The van der Waals surface area contributed by atoms with Crippen molar-refractivity contribution in [3.63, 3.8) is 0 Å². The molecule has 0 aromatic carbocycles. The molecule has 0 nitrogen and oxygen atoms in total. The van der Waals surface area contributed by atoms with Crippen molar-refractivity contribution in [3.05, 3.63) is 22.4 Å². The van der Waals surface area contributed by atoms with E-state index in [1.807, 2.05) is 0 Å². The molecule has 1 rings (SSSR count). The van der Waals surface area contributed by atoms with Gasteiger partial charge in [-0.1, -0.05) is 13.8 Å². The van der Waals surface area contributed by atoms with Crippen LogP contribution in [0.25, 0.3) is 0 Å². The van der Waals surface area contributed by atoms with Gasteiger partial charge < -0.3 is 0 Å². The lowest BCUT2D eigenvalue weighted by molar-refractivity contribution is 0.562.